The average Bonchev–Trinajstić information content (AvgIpc) is 2.67. The molecule has 1 fully saturated rings. The van der Waals surface area contributed by atoms with E-state index in [1.54, 1.807) is 6.07 Å². The summed E-state index contributed by atoms with van der Waals surface area (Å²) in [5, 5.41) is 4.95. The van der Waals surface area contributed by atoms with Crippen molar-refractivity contribution in [2.45, 2.75) is 25.6 Å². The van der Waals surface area contributed by atoms with E-state index in [-0.39, 0.29) is 42.8 Å². The van der Waals surface area contributed by atoms with Gasteiger partial charge in [0.1, 0.15) is 11.8 Å². The van der Waals surface area contributed by atoms with Gasteiger partial charge in [-0.15, -0.1) is 0 Å². The molecule has 0 saturated carbocycles. The molecule has 0 aromatic heterocycles. The molecule has 0 unspecified atom stereocenters. The van der Waals surface area contributed by atoms with E-state index in [1.807, 2.05) is 30.3 Å². The number of carbonyl (C=O) groups is 3. The van der Waals surface area contributed by atoms with Crippen molar-refractivity contribution in [3.63, 3.8) is 0 Å². The van der Waals surface area contributed by atoms with E-state index in [9.17, 15) is 23.2 Å². The summed E-state index contributed by atoms with van der Waals surface area (Å²) in [5.74, 6) is -1.57. The van der Waals surface area contributed by atoms with E-state index >= 15 is 0 Å². The van der Waals surface area contributed by atoms with Crippen molar-refractivity contribution in [2.24, 2.45) is 0 Å². The molecule has 1 atom stereocenters. The first-order chi connectivity index (χ1) is 13.9. The highest BCUT2D eigenvalue weighted by molar-refractivity contribution is 6.00. The van der Waals surface area contributed by atoms with Gasteiger partial charge in [0, 0.05) is 6.54 Å². The molecule has 1 aliphatic rings. The number of para-hydroxylation sites is 2. The monoisotopic (exact) mass is 403 g/mol. The van der Waals surface area contributed by atoms with Crippen LogP contribution in [0, 0.1) is 0 Å². The van der Waals surface area contributed by atoms with Crippen LogP contribution < -0.4 is 15.4 Å². The quantitative estimate of drug-likeness (QED) is 0.742. The number of rotatable bonds is 7. The Labute approximate surface area is 165 Å². The van der Waals surface area contributed by atoms with Gasteiger partial charge in [0.25, 0.3) is 0 Å². The second-order valence-corrected chi connectivity index (χ2v) is 6.43. The van der Waals surface area contributed by atoms with Gasteiger partial charge in [-0.25, -0.2) is 0 Å². The van der Waals surface area contributed by atoms with Gasteiger partial charge in [0.05, 0.1) is 18.7 Å². The number of alkyl halides is 2. The van der Waals surface area contributed by atoms with E-state index in [1.165, 1.54) is 23.1 Å². The van der Waals surface area contributed by atoms with Crippen molar-refractivity contribution >= 4 is 23.4 Å². The van der Waals surface area contributed by atoms with Crippen molar-refractivity contribution < 1.29 is 27.9 Å². The lowest BCUT2D eigenvalue weighted by Gasteiger charge is -2.32. The van der Waals surface area contributed by atoms with Crippen LogP contribution in [0.5, 0.6) is 5.75 Å². The molecule has 2 aromatic carbocycles. The summed E-state index contributed by atoms with van der Waals surface area (Å²) < 4.78 is 29.4. The third-order valence-corrected chi connectivity index (χ3v) is 4.26. The normalized spacial score (nSPS) is 16.5. The summed E-state index contributed by atoms with van der Waals surface area (Å²) in [6.45, 7) is -2.90. The minimum Gasteiger partial charge on any atom is -0.433 e. The van der Waals surface area contributed by atoms with Crippen molar-refractivity contribution in [3.05, 3.63) is 60.2 Å². The van der Waals surface area contributed by atoms with Gasteiger partial charge in [-0.2, -0.15) is 8.78 Å². The highest BCUT2D eigenvalue weighted by Crippen LogP contribution is 2.25. The van der Waals surface area contributed by atoms with Crippen molar-refractivity contribution in [1.82, 2.24) is 10.2 Å². The molecule has 3 amide bonds. The highest BCUT2D eigenvalue weighted by atomic mass is 19.3. The molecule has 2 aromatic rings. The minimum absolute atomic E-state index is 0.0496. The molecule has 1 aliphatic heterocycles. The van der Waals surface area contributed by atoms with Crippen LogP contribution in [0.2, 0.25) is 0 Å². The van der Waals surface area contributed by atoms with Crippen LogP contribution in [-0.4, -0.2) is 41.8 Å². The first-order valence-corrected chi connectivity index (χ1v) is 8.88. The first kappa shape index (κ1) is 20.2. The van der Waals surface area contributed by atoms with E-state index in [0.717, 1.165) is 5.56 Å². The fourth-order valence-corrected chi connectivity index (χ4v) is 3.00. The topological polar surface area (TPSA) is 87.7 Å². The molecule has 1 saturated heterocycles. The van der Waals surface area contributed by atoms with Gasteiger partial charge >= 0.3 is 6.61 Å². The Kier molecular flexibility index (Phi) is 6.38. The molecule has 0 aliphatic carbocycles. The number of amides is 3. The molecule has 0 radical (unpaired) electrons. The van der Waals surface area contributed by atoms with Gasteiger partial charge in [-0.05, 0) is 17.7 Å². The van der Waals surface area contributed by atoms with E-state index in [0.29, 0.717) is 0 Å². The van der Waals surface area contributed by atoms with Crippen LogP contribution in [0.4, 0.5) is 14.5 Å². The highest BCUT2D eigenvalue weighted by Gasteiger charge is 2.34. The Bertz CT molecular complexity index is 892. The summed E-state index contributed by atoms with van der Waals surface area (Å²) >= 11 is 0. The van der Waals surface area contributed by atoms with Crippen LogP contribution in [0.25, 0.3) is 0 Å². The SMILES string of the molecule is O=C(C[C@H]1NC(=O)CN(Cc2ccccc2)C1=O)Nc1ccccc1OC(F)F. The number of hydrogen-bond acceptors (Lipinski definition) is 4. The Morgan fingerprint density at radius 3 is 2.55 bits per heavy atom. The molecule has 152 valence electrons. The zero-order chi connectivity index (χ0) is 20.8. The average molecular weight is 403 g/mol. The maximum atomic E-state index is 12.7. The smallest absolute Gasteiger partial charge is 0.387 e. The Balaban J connectivity index is 1.65. The fourth-order valence-electron chi connectivity index (χ4n) is 3.00. The van der Waals surface area contributed by atoms with Crippen molar-refractivity contribution in [1.29, 1.82) is 0 Å². The summed E-state index contributed by atoms with van der Waals surface area (Å²) in [7, 11) is 0. The van der Waals surface area contributed by atoms with Gasteiger partial charge in [0.2, 0.25) is 17.7 Å². The first-order valence-electron chi connectivity index (χ1n) is 8.88. The number of hydrogen-bond donors (Lipinski definition) is 2. The number of anilines is 1. The largest absolute Gasteiger partial charge is 0.433 e. The molecule has 0 spiro atoms. The summed E-state index contributed by atoms with van der Waals surface area (Å²) in [4.78, 5) is 38.4. The lowest BCUT2D eigenvalue weighted by atomic mass is 10.1. The number of nitrogens with zero attached hydrogens (tertiary/aromatic N) is 1. The number of carbonyl (C=O) groups excluding carboxylic acids is 3. The predicted octanol–water partition coefficient (Wildman–Crippen LogP) is 2.14. The molecule has 0 bridgehead atoms. The van der Waals surface area contributed by atoms with Gasteiger partial charge in [-0.1, -0.05) is 42.5 Å². The summed E-state index contributed by atoms with van der Waals surface area (Å²) in [6, 6.07) is 13.8. The Morgan fingerprint density at radius 1 is 1.14 bits per heavy atom. The maximum Gasteiger partial charge on any atom is 0.387 e. The van der Waals surface area contributed by atoms with Crippen LogP contribution in [0.3, 0.4) is 0 Å². The van der Waals surface area contributed by atoms with Crippen LogP contribution >= 0.6 is 0 Å². The zero-order valence-corrected chi connectivity index (χ0v) is 15.3. The van der Waals surface area contributed by atoms with Crippen LogP contribution in [0.15, 0.2) is 54.6 Å². The molecular formula is C20H19F2N3O4. The van der Waals surface area contributed by atoms with Gasteiger partial charge in [-0.3, -0.25) is 14.4 Å². The number of nitrogens with one attached hydrogen (secondary N) is 2. The standard InChI is InChI=1S/C20H19F2N3O4/c21-20(22)29-16-9-5-4-8-14(16)23-17(26)10-15-19(28)25(12-18(27)24-15)11-13-6-2-1-3-7-13/h1-9,15,20H,10-12H2,(H,23,26)(H,24,27)/t15-/m1/s1. The van der Waals surface area contributed by atoms with Crippen LogP contribution in [-0.2, 0) is 20.9 Å². The van der Waals surface area contributed by atoms with E-state index in [2.05, 4.69) is 15.4 Å². The summed E-state index contributed by atoms with van der Waals surface area (Å²) in [6.07, 6.45) is -0.334. The zero-order valence-electron chi connectivity index (χ0n) is 15.3. The Morgan fingerprint density at radius 2 is 1.83 bits per heavy atom. The lowest BCUT2D eigenvalue weighted by Crippen LogP contribution is -2.58. The number of piperazine rings is 1. The third-order valence-electron chi connectivity index (χ3n) is 4.26. The third kappa shape index (κ3) is 5.50. The number of benzene rings is 2. The molecule has 1 heterocycles. The lowest BCUT2D eigenvalue weighted by molar-refractivity contribution is -0.145. The molecule has 7 nitrogen and oxygen atoms in total. The second kappa shape index (κ2) is 9.13. The van der Waals surface area contributed by atoms with Gasteiger partial charge in [0.15, 0.2) is 0 Å². The summed E-state index contributed by atoms with van der Waals surface area (Å²) in [5.41, 5.74) is 0.908. The van der Waals surface area contributed by atoms with Crippen molar-refractivity contribution in [2.75, 3.05) is 11.9 Å². The van der Waals surface area contributed by atoms with Gasteiger partial charge < -0.3 is 20.3 Å². The molecular weight excluding hydrogens is 384 g/mol. The predicted molar refractivity (Wildman–Crippen MR) is 100 cm³/mol. The molecule has 2 N–H and O–H groups in total. The van der Waals surface area contributed by atoms with E-state index in [4.69, 9.17) is 0 Å². The van der Waals surface area contributed by atoms with E-state index < -0.39 is 18.6 Å². The molecule has 3 rings (SSSR count). The Hall–Kier alpha value is -3.49. The number of halogens is 2. The maximum absolute atomic E-state index is 12.7. The van der Waals surface area contributed by atoms with Crippen molar-refractivity contribution in [3.8, 4) is 5.75 Å². The number of ether oxygens (including phenoxy) is 1. The molecule has 29 heavy (non-hydrogen) atoms. The minimum atomic E-state index is -3.04. The molecule has 9 heteroatoms. The van der Waals surface area contributed by atoms with Crippen LogP contribution in [0.1, 0.15) is 12.0 Å². The second-order valence-electron chi connectivity index (χ2n) is 6.43. The fraction of sp³-hybridized carbons (Fsp3) is 0.250.